The fraction of sp³-hybridized carbons (Fsp3) is 0.182. The Kier molecular flexibility index (Phi) is 6.03. The number of halogens is 2. The van der Waals surface area contributed by atoms with Crippen molar-refractivity contribution in [3.05, 3.63) is 93.2 Å². The molecule has 1 aliphatic rings. The lowest BCUT2D eigenvalue weighted by atomic mass is 10.1. The van der Waals surface area contributed by atoms with Crippen LogP contribution in [-0.2, 0) is 13.0 Å². The standard InChI is InChI=1S/C22H19F2N5O4/c23-14-5-4-13(17(24)9-14)10-26-21(32)16-11-29-18(20(31)19(16)30)22(33)28(12-27-29)8-6-15-3-1-2-7-25-15/h1-5,7,9,11,27,31H,6,8,10,12H2,(H,26,32). The monoisotopic (exact) mass is 455 g/mol. The second kappa shape index (κ2) is 9.07. The third-order valence-electron chi connectivity index (χ3n) is 5.17. The van der Waals surface area contributed by atoms with E-state index in [-0.39, 0.29) is 24.5 Å². The summed E-state index contributed by atoms with van der Waals surface area (Å²) in [6, 6.07) is 8.32. The van der Waals surface area contributed by atoms with E-state index >= 15 is 0 Å². The maximum atomic E-state index is 13.8. The molecule has 0 fully saturated rings. The van der Waals surface area contributed by atoms with Gasteiger partial charge in [0.25, 0.3) is 11.8 Å². The molecule has 0 radical (unpaired) electrons. The van der Waals surface area contributed by atoms with Crippen LogP contribution in [0.3, 0.4) is 0 Å². The van der Waals surface area contributed by atoms with Gasteiger partial charge in [0.1, 0.15) is 23.9 Å². The predicted octanol–water partition coefficient (Wildman–Crippen LogP) is 1.36. The number of carbonyl (C=O) groups excluding carboxylic acids is 2. The van der Waals surface area contributed by atoms with Crippen molar-refractivity contribution in [3.8, 4) is 5.75 Å². The molecule has 2 amide bonds. The molecule has 3 N–H and O–H groups in total. The molecule has 33 heavy (non-hydrogen) atoms. The normalized spacial score (nSPS) is 12.8. The Morgan fingerprint density at radius 2 is 2.03 bits per heavy atom. The van der Waals surface area contributed by atoms with E-state index in [9.17, 15) is 28.3 Å². The molecule has 3 aromatic rings. The highest BCUT2D eigenvalue weighted by Gasteiger charge is 2.30. The lowest BCUT2D eigenvalue weighted by Crippen LogP contribution is -2.47. The van der Waals surface area contributed by atoms with Crippen molar-refractivity contribution in [3.63, 3.8) is 0 Å². The van der Waals surface area contributed by atoms with Crippen LogP contribution >= 0.6 is 0 Å². The number of pyridine rings is 2. The van der Waals surface area contributed by atoms with Gasteiger partial charge >= 0.3 is 0 Å². The number of carbonyl (C=O) groups is 2. The molecule has 9 nitrogen and oxygen atoms in total. The number of benzene rings is 1. The zero-order chi connectivity index (χ0) is 23.5. The van der Waals surface area contributed by atoms with E-state index in [1.54, 1.807) is 12.3 Å². The highest BCUT2D eigenvalue weighted by atomic mass is 19.1. The molecular formula is C22H19F2N5O4. The molecule has 3 heterocycles. The molecule has 2 aromatic heterocycles. The summed E-state index contributed by atoms with van der Waals surface area (Å²) in [5.74, 6) is -3.96. The molecule has 0 atom stereocenters. The fourth-order valence-corrected chi connectivity index (χ4v) is 3.39. The van der Waals surface area contributed by atoms with E-state index < -0.39 is 40.2 Å². The fourth-order valence-electron chi connectivity index (χ4n) is 3.39. The summed E-state index contributed by atoms with van der Waals surface area (Å²) in [5, 5.41) is 12.7. The van der Waals surface area contributed by atoms with E-state index in [1.807, 2.05) is 12.1 Å². The number of fused-ring (bicyclic) bond motifs is 1. The van der Waals surface area contributed by atoms with Crippen molar-refractivity contribution in [1.29, 1.82) is 0 Å². The van der Waals surface area contributed by atoms with Gasteiger partial charge in [-0.2, -0.15) is 0 Å². The maximum Gasteiger partial charge on any atom is 0.277 e. The van der Waals surface area contributed by atoms with Crippen LogP contribution in [0.4, 0.5) is 8.78 Å². The van der Waals surface area contributed by atoms with Crippen LogP contribution in [0, 0.1) is 11.6 Å². The number of rotatable bonds is 6. The van der Waals surface area contributed by atoms with Crippen LogP contribution in [0.5, 0.6) is 5.75 Å². The zero-order valence-corrected chi connectivity index (χ0v) is 17.2. The second-order valence-electron chi connectivity index (χ2n) is 7.31. The Hall–Kier alpha value is -4.28. The smallest absolute Gasteiger partial charge is 0.277 e. The quantitative estimate of drug-likeness (QED) is 0.517. The topological polar surface area (TPSA) is 117 Å². The summed E-state index contributed by atoms with van der Waals surface area (Å²) >= 11 is 0. The van der Waals surface area contributed by atoms with Crippen LogP contribution in [0.25, 0.3) is 0 Å². The molecule has 0 aliphatic carbocycles. The predicted molar refractivity (Wildman–Crippen MR) is 113 cm³/mol. The molecule has 0 spiro atoms. The van der Waals surface area contributed by atoms with Crippen LogP contribution in [0.2, 0.25) is 0 Å². The number of hydrogen-bond donors (Lipinski definition) is 3. The third kappa shape index (κ3) is 4.52. The van der Waals surface area contributed by atoms with Gasteiger partial charge in [-0.05, 0) is 18.2 Å². The van der Waals surface area contributed by atoms with Crippen LogP contribution in [-0.4, -0.2) is 44.7 Å². The molecule has 11 heteroatoms. The molecule has 0 saturated carbocycles. The molecule has 170 valence electrons. The number of amides is 2. The van der Waals surface area contributed by atoms with Crippen LogP contribution in [0.1, 0.15) is 32.1 Å². The summed E-state index contributed by atoms with van der Waals surface area (Å²) in [5.41, 5.74) is 1.87. The largest absolute Gasteiger partial charge is 0.502 e. The van der Waals surface area contributed by atoms with Gasteiger partial charge in [-0.15, -0.1) is 0 Å². The van der Waals surface area contributed by atoms with Crippen molar-refractivity contribution in [1.82, 2.24) is 19.9 Å². The molecule has 0 bridgehead atoms. The van der Waals surface area contributed by atoms with E-state index in [2.05, 4.69) is 15.7 Å². The van der Waals surface area contributed by atoms with Crippen LogP contribution in [0.15, 0.2) is 53.6 Å². The molecular weight excluding hydrogens is 436 g/mol. The Morgan fingerprint density at radius 1 is 1.21 bits per heavy atom. The van der Waals surface area contributed by atoms with Crippen molar-refractivity contribution in [2.75, 3.05) is 18.6 Å². The Balaban J connectivity index is 1.50. The first-order valence-corrected chi connectivity index (χ1v) is 9.99. The van der Waals surface area contributed by atoms with E-state index in [0.29, 0.717) is 19.0 Å². The first kappa shape index (κ1) is 21.9. The Morgan fingerprint density at radius 3 is 2.76 bits per heavy atom. The van der Waals surface area contributed by atoms with E-state index in [0.717, 1.165) is 22.6 Å². The summed E-state index contributed by atoms with van der Waals surface area (Å²) < 4.78 is 27.9. The number of aromatic nitrogens is 2. The van der Waals surface area contributed by atoms with Crippen LogP contribution < -0.4 is 16.2 Å². The summed E-state index contributed by atoms with van der Waals surface area (Å²) in [6.07, 6.45) is 3.21. The van der Waals surface area contributed by atoms with Gasteiger partial charge in [-0.3, -0.25) is 24.0 Å². The van der Waals surface area contributed by atoms with Gasteiger partial charge in [0.15, 0.2) is 11.4 Å². The minimum atomic E-state index is -1.04. The van der Waals surface area contributed by atoms with Gasteiger partial charge < -0.3 is 20.7 Å². The SMILES string of the molecule is O=C(NCc1ccc(F)cc1F)c1cn2c(c(O)c1=O)C(=O)N(CCc1ccccn1)CN2. The summed E-state index contributed by atoms with van der Waals surface area (Å²) in [6.45, 7) is 0.0608. The third-order valence-corrected chi connectivity index (χ3v) is 5.17. The van der Waals surface area contributed by atoms with E-state index in [1.165, 1.54) is 11.0 Å². The average Bonchev–Trinajstić information content (AvgIpc) is 2.80. The van der Waals surface area contributed by atoms with Gasteiger partial charge in [0.05, 0.1) is 0 Å². The molecule has 0 unspecified atom stereocenters. The maximum absolute atomic E-state index is 13.8. The van der Waals surface area contributed by atoms with E-state index in [4.69, 9.17) is 0 Å². The second-order valence-corrected chi connectivity index (χ2v) is 7.31. The summed E-state index contributed by atoms with van der Waals surface area (Å²) in [4.78, 5) is 43.5. The zero-order valence-electron chi connectivity index (χ0n) is 17.2. The first-order chi connectivity index (χ1) is 15.8. The Labute approximate surface area is 186 Å². The lowest BCUT2D eigenvalue weighted by molar-refractivity contribution is 0.0722. The average molecular weight is 455 g/mol. The minimum Gasteiger partial charge on any atom is -0.502 e. The molecule has 4 rings (SSSR count). The lowest BCUT2D eigenvalue weighted by Gasteiger charge is -2.31. The van der Waals surface area contributed by atoms with Crippen molar-refractivity contribution < 1.29 is 23.5 Å². The minimum absolute atomic E-state index is 0.0175. The molecule has 1 aliphatic heterocycles. The Bertz CT molecular complexity index is 1280. The highest BCUT2D eigenvalue weighted by Crippen LogP contribution is 2.19. The van der Waals surface area contributed by atoms with Gasteiger partial charge in [-0.1, -0.05) is 12.1 Å². The molecule has 0 saturated heterocycles. The number of aromatic hydroxyl groups is 1. The van der Waals surface area contributed by atoms with Crippen molar-refractivity contribution >= 4 is 11.8 Å². The van der Waals surface area contributed by atoms with Gasteiger partial charge in [-0.25, -0.2) is 8.78 Å². The number of nitrogens with zero attached hydrogens (tertiary/aromatic N) is 3. The van der Waals surface area contributed by atoms with Crippen molar-refractivity contribution in [2.45, 2.75) is 13.0 Å². The molecule has 1 aromatic carbocycles. The van der Waals surface area contributed by atoms with Crippen molar-refractivity contribution in [2.24, 2.45) is 0 Å². The first-order valence-electron chi connectivity index (χ1n) is 9.99. The summed E-state index contributed by atoms with van der Waals surface area (Å²) in [7, 11) is 0. The van der Waals surface area contributed by atoms with Gasteiger partial charge in [0, 0.05) is 49.2 Å². The highest BCUT2D eigenvalue weighted by molar-refractivity contribution is 5.99. The van der Waals surface area contributed by atoms with Gasteiger partial charge in [0.2, 0.25) is 5.43 Å². The number of nitrogens with one attached hydrogen (secondary N) is 2. The number of hydrogen-bond acceptors (Lipinski definition) is 6.